The summed E-state index contributed by atoms with van der Waals surface area (Å²) in [5.41, 5.74) is 1.55. The van der Waals surface area contributed by atoms with E-state index in [1.807, 2.05) is 60.7 Å². The van der Waals surface area contributed by atoms with E-state index in [-0.39, 0.29) is 10.2 Å². The fourth-order valence-electron chi connectivity index (χ4n) is 4.30. The predicted molar refractivity (Wildman–Crippen MR) is 159 cm³/mol. The van der Waals surface area contributed by atoms with Crippen molar-refractivity contribution in [2.24, 2.45) is 0 Å². The van der Waals surface area contributed by atoms with Crippen LogP contribution in [0.5, 0.6) is 0 Å². The third kappa shape index (κ3) is 12.4. The van der Waals surface area contributed by atoms with Crippen molar-refractivity contribution in [3.8, 4) is 0 Å². The van der Waals surface area contributed by atoms with Crippen LogP contribution in [-0.2, 0) is 0 Å². The van der Waals surface area contributed by atoms with E-state index in [1.165, 1.54) is 64.2 Å². The Kier molecular flexibility index (Phi) is 16.1. The van der Waals surface area contributed by atoms with Gasteiger partial charge in [0.2, 0.25) is 0 Å². The molecule has 0 aliphatic carbocycles. The molecular formula is C30H44O2S2Sn. The summed E-state index contributed by atoms with van der Waals surface area (Å²) in [6.45, 7) is 4.50. The summed E-state index contributed by atoms with van der Waals surface area (Å²) in [4.78, 5) is 26.8. The zero-order valence-electron chi connectivity index (χ0n) is 21.8. The fraction of sp³-hybridized carbons (Fsp3) is 0.533. The Bertz CT molecular complexity index is 770. The molecule has 0 unspecified atom stereocenters. The zero-order valence-corrected chi connectivity index (χ0v) is 26.3. The van der Waals surface area contributed by atoms with Crippen LogP contribution >= 0.6 is 17.9 Å². The van der Waals surface area contributed by atoms with Crippen LogP contribution in [0, 0.1) is 0 Å². The van der Waals surface area contributed by atoms with Gasteiger partial charge in [-0.25, -0.2) is 0 Å². The summed E-state index contributed by atoms with van der Waals surface area (Å²) in [5.74, 6) is 0. The molecule has 192 valence electrons. The normalized spacial score (nSPS) is 11.5. The van der Waals surface area contributed by atoms with Gasteiger partial charge >= 0.3 is 225 Å². The number of rotatable bonds is 18. The van der Waals surface area contributed by atoms with Gasteiger partial charge in [0.1, 0.15) is 0 Å². The summed E-state index contributed by atoms with van der Waals surface area (Å²) in [6.07, 6.45) is 15.0. The number of carbonyl (C=O) groups excluding carboxylic acids is 2. The van der Waals surface area contributed by atoms with Crippen molar-refractivity contribution in [1.29, 1.82) is 0 Å². The second kappa shape index (κ2) is 18.5. The Morgan fingerprint density at radius 3 is 1.26 bits per heavy atom. The maximum absolute atomic E-state index is 13.4. The van der Waals surface area contributed by atoms with Crippen LogP contribution in [0.15, 0.2) is 60.7 Å². The number of carbonyl (C=O) groups is 2. The van der Waals surface area contributed by atoms with Gasteiger partial charge in [0.25, 0.3) is 0 Å². The summed E-state index contributed by atoms with van der Waals surface area (Å²) in [5, 5.41) is 0.346. The van der Waals surface area contributed by atoms with E-state index in [2.05, 4.69) is 13.8 Å². The van der Waals surface area contributed by atoms with Crippen LogP contribution in [-0.4, -0.2) is 25.8 Å². The minimum absolute atomic E-state index is 0.173. The molecule has 2 rings (SSSR count). The van der Waals surface area contributed by atoms with E-state index in [0.29, 0.717) is 0 Å². The number of benzene rings is 2. The molecule has 0 aliphatic heterocycles. The van der Waals surface area contributed by atoms with Gasteiger partial charge in [-0.3, -0.25) is 0 Å². The molecule has 0 N–H and O–H groups in total. The summed E-state index contributed by atoms with van der Waals surface area (Å²) >= 11 is -3.25. The molecule has 0 fully saturated rings. The van der Waals surface area contributed by atoms with Crippen LogP contribution in [0.1, 0.15) is 112 Å². The predicted octanol–water partition coefficient (Wildman–Crippen LogP) is 10.3. The monoisotopic (exact) mass is 620 g/mol. The van der Waals surface area contributed by atoms with Crippen molar-refractivity contribution < 1.29 is 9.59 Å². The van der Waals surface area contributed by atoms with Crippen LogP contribution < -0.4 is 0 Å². The molecule has 0 spiro atoms. The first-order chi connectivity index (χ1) is 17.1. The van der Waals surface area contributed by atoms with Crippen LogP contribution in [0.4, 0.5) is 0 Å². The third-order valence-corrected chi connectivity index (χ3v) is 32.7. The van der Waals surface area contributed by atoms with E-state index in [0.717, 1.165) is 32.8 Å². The average Bonchev–Trinajstić information content (AvgIpc) is 2.89. The quantitative estimate of drug-likeness (QED) is 0.123. The molecule has 35 heavy (non-hydrogen) atoms. The Labute approximate surface area is 223 Å². The van der Waals surface area contributed by atoms with Crippen molar-refractivity contribution in [1.82, 2.24) is 0 Å². The topological polar surface area (TPSA) is 34.1 Å². The van der Waals surface area contributed by atoms with Crippen LogP contribution in [0.25, 0.3) is 0 Å². The third-order valence-electron chi connectivity index (χ3n) is 6.40. The Balaban J connectivity index is 2.18. The summed E-state index contributed by atoms with van der Waals surface area (Å²) < 4.78 is 2.20. The molecule has 2 nitrogen and oxygen atoms in total. The maximum atomic E-state index is 13.4. The fourth-order valence-corrected chi connectivity index (χ4v) is 30.6. The van der Waals surface area contributed by atoms with Gasteiger partial charge in [0.05, 0.1) is 0 Å². The van der Waals surface area contributed by atoms with E-state index in [9.17, 15) is 9.59 Å². The van der Waals surface area contributed by atoms with Gasteiger partial charge in [0, 0.05) is 0 Å². The molecule has 0 saturated carbocycles. The second-order valence-corrected chi connectivity index (χ2v) is 34.4. The van der Waals surface area contributed by atoms with E-state index in [4.69, 9.17) is 0 Å². The molecule has 2 aromatic rings. The van der Waals surface area contributed by atoms with Crippen LogP contribution in [0.2, 0.25) is 8.87 Å². The standard InChI is InChI=1S/2C8H17.2C7H6OS.Sn/c2*1-3-5-7-8-6-4-2;2*8-7(9)6-4-2-1-3-5-6;/h2*1,3-8H2,2H3;2*1-5H,(H,8,9);/q;;;;+2/p-2. The van der Waals surface area contributed by atoms with Crippen molar-refractivity contribution in [2.75, 3.05) is 0 Å². The molecule has 0 aliphatic rings. The zero-order chi connectivity index (χ0) is 25.2. The Morgan fingerprint density at radius 2 is 0.886 bits per heavy atom. The van der Waals surface area contributed by atoms with E-state index < -0.39 is 15.6 Å². The van der Waals surface area contributed by atoms with Crippen molar-refractivity contribution in [3.63, 3.8) is 0 Å². The molecule has 0 bridgehead atoms. The van der Waals surface area contributed by atoms with Crippen molar-refractivity contribution in [2.45, 2.75) is 99.8 Å². The van der Waals surface area contributed by atoms with Gasteiger partial charge in [-0.2, -0.15) is 0 Å². The molecule has 0 atom stereocenters. The SMILES string of the molecule is CCCCCCC[CH2][Sn]([CH2]CCCCCCC)([S]C(=O)c1ccccc1)[S]C(=O)c1ccccc1. The van der Waals surface area contributed by atoms with Crippen molar-refractivity contribution in [3.05, 3.63) is 71.8 Å². The molecule has 0 saturated heterocycles. The van der Waals surface area contributed by atoms with Gasteiger partial charge < -0.3 is 0 Å². The molecule has 5 heteroatoms. The Morgan fingerprint density at radius 1 is 0.543 bits per heavy atom. The first kappa shape index (κ1) is 30.5. The van der Waals surface area contributed by atoms with E-state index in [1.54, 1.807) is 17.9 Å². The summed E-state index contributed by atoms with van der Waals surface area (Å²) in [6, 6.07) is 19.4. The molecule has 0 amide bonds. The molecule has 0 heterocycles. The van der Waals surface area contributed by atoms with Gasteiger partial charge in [-0.05, 0) is 0 Å². The first-order valence-corrected chi connectivity index (χ1v) is 26.3. The number of hydrogen-bond acceptors (Lipinski definition) is 4. The molecule has 0 radical (unpaired) electrons. The van der Waals surface area contributed by atoms with Gasteiger partial charge in [-0.1, -0.05) is 0 Å². The minimum atomic E-state index is -3.25. The van der Waals surface area contributed by atoms with Gasteiger partial charge in [-0.15, -0.1) is 0 Å². The Hall–Kier alpha value is -0.721. The van der Waals surface area contributed by atoms with Gasteiger partial charge in [0.15, 0.2) is 0 Å². The number of unbranched alkanes of at least 4 members (excludes halogenated alkanes) is 10. The first-order valence-electron chi connectivity index (χ1n) is 13.7. The average molecular weight is 620 g/mol. The van der Waals surface area contributed by atoms with E-state index >= 15 is 0 Å². The second-order valence-electron chi connectivity index (χ2n) is 9.46. The van der Waals surface area contributed by atoms with Crippen molar-refractivity contribution >= 4 is 43.7 Å². The molecular weight excluding hydrogens is 575 g/mol. The molecule has 0 aromatic heterocycles. The number of hydrogen-bond donors (Lipinski definition) is 0. The van der Waals surface area contributed by atoms with Crippen LogP contribution in [0.3, 0.4) is 0 Å². The molecule has 2 aromatic carbocycles. The summed E-state index contributed by atoms with van der Waals surface area (Å²) in [7, 11) is 3.24.